The number of hydrogen-bond acceptors (Lipinski definition) is 2. The quantitative estimate of drug-likeness (QED) is 0.812. The Morgan fingerprint density at radius 1 is 1.41 bits per heavy atom. The number of anilines is 1. The van der Waals surface area contributed by atoms with E-state index in [2.05, 4.69) is 10.0 Å². The van der Waals surface area contributed by atoms with E-state index in [0.717, 1.165) is 24.1 Å². The Balaban J connectivity index is 2.93. The third-order valence-corrected chi connectivity index (χ3v) is 2.44. The number of alkyl halides is 3. The van der Waals surface area contributed by atoms with Gasteiger partial charge >= 0.3 is 12.2 Å². The summed E-state index contributed by atoms with van der Waals surface area (Å²) >= 11 is 6.46. The number of hydrogen-bond donors (Lipinski definition) is 2. The van der Waals surface area contributed by atoms with E-state index in [1.165, 1.54) is 6.07 Å². The first-order valence-electron chi connectivity index (χ1n) is 4.31. The van der Waals surface area contributed by atoms with Crippen molar-refractivity contribution >= 4 is 35.3 Å². The molecule has 17 heavy (non-hydrogen) atoms. The first-order chi connectivity index (χ1) is 7.84. The largest absolute Gasteiger partial charge is 0.417 e. The van der Waals surface area contributed by atoms with Crippen LogP contribution in [-0.2, 0) is 6.18 Å². The Morgan fingerprint density at radius 3 is 2.59 bits per heavy atom. The minimum Gasteiger partial charge on any atom is -0.307 e. The van der Waals surface area contributed by atoms with Crippen molar-refractivity contribution in [2.45, 2.75) is 6.18 Å². The number of carbonyl (C=O) groups is 1. The topological polar surface area (TPSA) is 41.1 Å². The highest BCUT2D eigenvalue weighted by molar-refractivity contribution is 7.97. The van der Waals surface area contributed by atoms with Crippen LogP contribution in [0.3, 0.4) is 0 Å². The molecule has 0 radical (unpaired) electrons. The van der Waals surface area contributed by atoms with E-state index in [4.69, 9.17) is 11.6 Å². The standard InChI is InChI=1S/C9H8ClF3N2OS/c1-17-15-8(16)14-5-2-3-7(10)6(4-5)9(11,12)13/h2-4H,1H3,(H2,14,15,16). The predicted molar refractivity (Wildman–Crippen MR) is 62.1 cm³/mol. The van der Waals surface area contributed by atoms with Gasteiger partial charge in [0.15, 0.2) is 0 Å². The Bertz CT molecular complexity index is 425. The van der Waals surface area contributed by atoms with Crippen LogP contribution in [0, 0.1) is 0 Å². The van der Waals surface area contributed by atoms with Gasteiger partial charge in [-0.25, -0.2) is 4.79 Å². The number of benzene rings is 1. The van der Waals surface area contributed by atoms with E-state index in [0.29, 0.717) is 0 Å². The zero-order chi connectivity index (χ0) is 13.1. The molecule has 0 aliphatic rings. The summed E-state index contributed by atoms with van der Waals surface area (Å²) in [4.78, 5) is 11.1. The summed E-state index contributed by atoms with van der Waals surface area (Å²) in [5, 5.41) is 1.84. The lowest BCUT2D eigenvalue weighted by Gasteiger charge is -2.11. The molecule has 3 nitrogen and oxygen atoms in total. The van der Waals surface area contributed by atoms with Gasteiger partial charge in [-0.05, 0) is 18.2 Å². The fraction of sp³-hybridized carbons (Fsp3) is 0.222. The number of carbonyl (C=O) groups excluding carboxylic acids is 1. The van der Waals surface area contributed by atoms with Gasteiger partial charge in [0.2, 0.25) is 0 Å². The van der Waals surface area contributed by atoms with E-state index in [9.17, 15) is 18.0 Å². The molecule has 0 spiro atoms. The molecular formula is C9H8ClF3N2OS. The van der Waals surface area contributed by atoms with Crippen molar-refractivity contribution in [2.24, 2.45) is 0 Å². The third kappa shape index (κ3) is 4.01. The van der Waals surface area contributed by atoms with Crippen LogP contribution in [-0.4, -0.2) is 12.3 Å². The van der Waals surface area contributed by atoms with E-state index in [1.807, 2.05) is 0 Å². The molecule has 0 heterocycles. The Hall–Kier alpha value is -1.08. The Kier molecular flexibility index (Phi) is 4.53. The molecule has 0 atom stereocenters. The Morgan fingerprint density at radius 2 is 2.06 bits per heavy atom. The van der Waals surface area contributed by atoms with Crippen molar-refractivity contribution in [3.05, 3.63) is 28.8 Å². The molecule has 0 aliphatic heterocycles. The maximum absolute atomic E-state index is 12.5. The molecule has 0 aromatic heterocycles. The van der Waals surface area contributed by atoms with Crippen molar-refractivity contribution in [1.82, 2.24) is 4.72 Å². The number of rotatable bonds is 2. The second kappa shape index (κ2) is 5.50. The molecular weight excluding hydrogens is 277 g/mol. The average Bonchev–Trinajstić information content (AvgIpc) is 2.19. The van der Waals surface area contributed by atoms with Crippen molar-refractivity contribution < 1.29 is 18.0 Å². The lowest BCUT2D eigenvalue weighted by atomic mass is 10.2. The van der Waals surface area contributed by atoms with Gasteiger partial charge in [0.1, 0.15) is 0 Å². The van der Waals surface area contributed by atoms with Gasteiger partial charge in [-0.1, -0.05) is 23.5 Å². The van der Waals surface area contributed by atoms with Crippen LogP contribution >= 0.6 is 23.5 Å². The molecule has 0 saturated carbocycles. The first-order valence-corrected chi connectivity index (χ1v) is 5.91. The molecule has 94 valence electrons. The van der Waals surface area contributed by atoms with Crippen LogP contribution in [0.25, 0.3) is 0 Å². The molecule has 0 fully saturated rings. The summed E-state index contributed by atoms with van der Waals surface area (Å²) in [6.07, 6.45) is -2.94. The highest BCUT2D eigenvalue weighted by Crippen LogP contribution is 2.36. The Labute approximate surface area is 105 Å². The van der Waals surface area contributed by atoms with Gasteiger partial charge in [0.25, 0.3) is 0 Å². The molecule has 2 N–H and O–H groups in total. The molecule has 0 aliphatic carbocycles. The van der Waals surface area contributed by atoms with Gasteiger partial charge in [0.05, 0.1) is 10.6 Å². The monoisotopic (exact) mass is 284 g/mol. The lowest BCUT2D eigenvalue weighted by molar-refractivity contribution is -0.137. The van der Waals surface area contributed by atoms with Crippen LogP contribution in [0.15, 0.2) is 18.2 Å². The zero-order valence-corrected chi connectivity index (χ0v) is 10.1. The SMILES string of the molecule is CSNC(=O)Nc1ccc(Cl)c(C(F)(F)F)c1. The average molecular weight is 285 g/mol. The van der Waals surface area contributed by atoms with Crippen LogP contribution < -0.4 is 10.0 Å². The summed E-state index contributed by atoms with van der Waals surface area (Å²) in [5.74, 6) is 0. The fourth-order valence-electron chi connectivity index (χ4n) is 1.07. The van der Waals surface area contributed by atoms with E-state index in [-0.39, 0.29) is 5.69 Å². The molecule has 1 aromatic rings. The minimum atomic E-state index is -4.55. The van der Waals surface area contributed by atoms with Crippen LogP contribution in [0.5, 0.6) is 0 Å². The van der Waals surface area contributed by atoms with Gasteiger partial charge in [-0.3, -0.25) is 4.72 Å². The number of halogens is 4. The van der Waals surface area contributed by atoms with E-state index >= 15 is 0 Å². The van der Waals surface area contributed by atoms with Crippen LogP contribution in [0.1, 0.15) is 5.56 Å². The summed E-state index contributed by atoms with van der Waals surface area (Å²) in [7, 11) is 0. The minimum absolute atomic E-state index is 0.0216. The summed E-state index contributed by atoms with van der Waals surface area (Å²) < 4.78 is 39.8. The van der Waals surface area contributed by atoms with Gasteiger partial charge in [-0.2, -0.15) is 13.2 Å². The van der Waals surface area contributed by atoms with Crippen molar-refractivity contribution in [3.8, 4) is 0 Å². The maximum Gasteiger partial charge on any atom is 0.417 e. The summed E-state index contributed by atoms with van der Waals surface area (Å²) in [6.45, 7) is 0. The fourth-order valence-corrected chi connectivity index (χ4v) is 1.53. The molecule has 0 bridgehead atoms. The van der Waals surface area contributed by atoms with Crippen LogP contribution in [0.4, 0.5) is 23.7 Å². The molecule has 0 unspecified atom stereocenters. The van der Waals surface area contributed by atoms with Gasteiger partial charge in [-0.15, -0.1) is 0 Å². The molecule has 2 amide bonds. The normalized spacial score (nSPS) is 11.1. The molecule has 0 saturated heterocycles. The van der Waals surface area contributed by atoms with Crippen molar-refractivity contribution in [3.63, 3.8) is 0 Å². The molecule has 1 aromatic carbocycles. The van der Waals surface area contributed by atoms with E-state index in [1.54, 1.807) is 6.26 Å². The zero-order valence-electron chi connectivity index (χ0n) is 8.56. The second-order valence-corrected chi connectivity index (χ2v) is 3.97. The van der Waals surface area contributed by atoms with Gasteiger partial charge < -0.3 is 5.32 Å². The number of urea groups is 1. The smallest absolute Gasteiger partial charge is 0.307 e. The second-order valence-electron chi connectivity index (χ2n) is 2.95. The molecule has 1 rings (SSSR count). The van der Waals surface area contributed by atoms with Crippen molar-refractivity contribution in [2.75, 3.05) is 11.6 Å². The highest BCUT2D eigenvalue weighted by atomic mass is 35.5. The van der Waals surface area contributed by atoms with Gasteiger partial charge in [0, 0.05) is 11.9 Å². The molecule has 8 heteroatoms. The van der Waals surface area contributed by atoms with E-state index < -0.39 is 22.8 Å². The van der Waals surface area contributed by atoms with Crippen molar-refractivity contribution in [1.29, 1.82) is 0 Å². The maximum atomic E-state index is 12.5. The lowest BCUT2D eigenvalue weighted by Crippen LogP contribution is -2.22. The van der Waals surface area contributed by atoms with Crippen LogP contribution in [0.2, 0.25) is 5.02 Å². The first kappa shape index (κ1) is 14.0. The summed E-state index contributed by atoms with van der Waals surface area (Å²) in [5.41, 5.74) is -0.964. The number of amides is 2. The highest BCUT2D eigenvalue weighted by Gasteiger charge is 2.33. The third-order valence-electron chi connectivity index (χ3n) is 1.72. The predicted octanol–water partition coefficient (Wildman–Crippen LogP) is 3.76. The summed E-state index contributed by atoms with van der Waals surface area (Å²) in [6, 6.07) is 2.55. The number of nitrogens with one attached hydrogen (secondary N) is 2.